The second kappa shape index (κ2) is 6.20. The van der Waals surface area contributed by atoms with E-state index in [1.165, 1.54) is 51.6 Å². The highest BCUT2D eigenvalue weighted by molar-refractivity contribution is 5.44. The van der Waals surface area contributed by atoms with E-state index in [-0.39, 0.29) is 0 Å². The van der Waals surface area contributed by atoms with Crippen LogP contribution in [0, 0.1) is 0 Å². The summed E-state index contributed by atoms with van der Waals surface area (Å²) in [5, 5.41) is 16.6. The van der Waals surface area contributed by atoms with Gasteiger partial charge >= 0.3 is 0 Å². The zero-order valence-corrected chi connectivity index (χ0v) is 13.0. The molecule has 0 aromatic carbocycles. The molecule has 0 amide bonds. The molecule has 1 aliphatic carbocycles. The number of nitrogens with one attached hydrogen (secondary N) is 1. The second-order valence-corrected chi connectivity index (χ2v) is 6.50. The molecule has 3 heterocycles. The Hall–Kier alpha value is -1.69. The van der Waals surface area contributed by atoms with E-state index in [0.717, 1.165) is 30.4 Å². The third-order valence-corrected chi connectivity index (χ3v) is 4.66. The normalized spacial score (nSPS) is 20.2. The molecule has 2 aromatic heterocycles. The number of likely N-dealkylation sites (tertiary alicyclic amines) is 1. The molecule has 2 aromatic rings. The monoisotopic (exact) mass is 300 g/mol. The standard InChI is InChI=1S/C16H24N6/c1-2-4-11-21(10-3-1)12-9-17-14-7-8-15-18-19-16(13-5-6-13)22(15)20-14/h7-8,13H,1-6,9-12H2,(H,17,20). The van der Waals surface area contributed by atoms with Gasteiger partial charge < -0.3 is 10.2 Å². The van der Waals surface area contributed by atoms with Crippen molar-refractivity contribution in [1.29, 1.82) is 0 Å². The van der Waals surface area contributed by atoms with Gasteiger partial charge in [-0.15, -0.1) is 15.3 Å². The van der Waals surface area contributed by atoms with Gasteiger partial charge in [0.05, 0.1) is 0 Å². The van der Waals surface area contributed by atoms with Crippen LogP contribution < -0.4 is 5.32 Å². The SMILES string of the molecule is c1cc2nnc(C3CC3)n2nc1NCCN1CCCCCC1. The molecular weight excluding hydrogens is 276 g/mol. The van der Waals surface area contributed by atoms with Crippen LogP contribution >= 0.6 is 0 Å². The molecule has 2 aliphatic rings. The predicted octanol–water partition coefficient (Wildman–Crippen LogP) is 2.29. The van der Waals surface area contributed by atoms with Crippen LogP contribution in [0.15, 0.2) is 12.1 Å². The highest BCUT2D eigenvalue weighted by Crippen LogP contribution is 2.38. The Kier molecular flexibility index (Phi) is 3.93. The van der Waals surface area contributed by atoms with E-state index in [1.807, 2.05) is 16.6 Å². The lowest BCUT2D eigenvalue weighted by molar-refractivity contribution is 0.296. The molecule has 6 heteroatoms. The minimum absolute atomic E-state index is 0.565. The number of anilines is 1. The fourth-order valence-corrected chi connectivity index (χ4v) is 3.20. The largest absolute Gasteiger partial charge is 0.367 e. The van der Waals surface area contributed by atoms with E-state index in [4.69, 9.17) is 0 Å². The Labute approximate surface area is 130 Å². The summed E-state index contributed by atoms with van der Waals surface area (Å²) in [4.78, 5) is 2.56. The maximum Gasteiger partial charge on any atom is 0.178 e. The maximum absolute atomic E-state index is 4.66. The average molecular weight is 300 g/mol. The van der Waals surface area contributed by atoms with Gasteiger partial charge in [-0.25, -0.2) is 0 Å². The number of hydrogen-bond acceptors (Lipinski definition) is 5. The predicted molar refractivity (Wildman–Crippen MR) is 86.2 cm³/mol. The molecule has 1 N–H and O–H groups in total. The Balaban J connectivity index is 1.37. The van der Waals surface area contributed by atoms with E-state index in [1.54, 1.807) is 0 Å². The zero-order valence-electron chi connectivity index (χ0n) is 13.0. The third kappa shape index (κ3) is 3.06. The smallest absolute Gasteiger partial charge is 0.178 e. The van der Waals surface area contributed by atoms with Crippen molar-refractivity contribution in [2.24, 2.45) is 0 Å². The van der Waals surface area contributed by atoms with Gasteiger partial charge in [0.2, 0.25) is 0 Å². The van der Waals surface area contributed by atoms with Crippen molar-refractivity contribution in [3.8, 4) is 0 Å². The van der Waals surface area contributed by atoms with Gasteiger partial charge in [-0.3, -0.25) is 0 Å². The summed E-state index contributed by atoms with van der Waals surface area (Å²) in [5.74, 6) is 2.50. The first-order chi connectivity index (χ1) is 10.9. The summed E-state index contributed by atoms with van der Waals surface area (Å²) in [6.45, 7) is 4.52. The molecule has 6 nitrogen and oxygen atoms in total. The van der Waals surface area contributed by atoms with Gasteiger partial charge in [-0.2, -0.15) is 4.52 Å². The van der Waals surface area contributed by atoms with Gasteiger partial charge in [0.15, 0.2) is 11.5 Å². The molecule has 1 aliphatic heterocycles. The summed E-state index contributed by atoms with van der Waals surface area (Å²) in [6.07, 6.45) is 7.90. The van der Waals surface area contributed by atoms with Crippen LogP contribution in [-0.4, -0.2) is 50.9 Å². The van der Waals surface area contributed by atoms with Gasteiger partial charge in [0.25, 0.3) is 0 Å². The second-order valence-electron chi connectivity index (χ2n) is 6.50. The van der Waals surface area contributed by atoms with Gasteiger partial charge in [-0.1, -0.05) is 12.8 Å². The highest BCUT2D eigenvalue weighted by Gasteiger charge is 2.29. The third-order valence-electron chi connectivity index (χ3n) is 4.66. The lowest BCUT2D eigenvalue weighted by atomic mass is 10.2. The molecule has 118 valence electrons. The average Bonchev–Trinajstić information content (AvgIpc) is 3.33. The molecule has 2 fully saturated rings. The van der Waals surface area contributed by atoms with Gasteiger partial charge in [-0.05, 0) is 50.9 Å². The van der Waals surface area contributed by atoms with Crippen molar-refractivity contribution in [2.75, 3.05) is 31.5 Å². The summed E-state index contributed by atoms with van der Waals surface area (Å²) in [6, 6.07) is 4.00. The molecule has 0 spiro atoms. The van der Waals surface area contributed by atoms with Crippen molar-refractivity contribution >= 4 is 11.5 Å². The fourth-order valence-electron chi connectivity index (χ4n) is 3.20. The van der Waals surface area contributed by atoms with Gasteiger partial charge in [0, 0.05) is 19.0 Å². The molecule has 0 unspecified atom stereocenters. The Morgan fingerprint density at radius 2 is 1.86 bits per heavy atom. The Morgan fingerprint density at radius 1 is 1.05 bits per heavy atom. The van der Waals surface area contributed by atoms with Crippen molar-refractivity contribution in [2.45, 2.75) is 44.4 Å². The quantitative estimate of drug-likeness (QED) is 0.918. The van der Waals surface area contributed by atoms with E-state index in [0.29, 0.717) is 5.92 Å². The summed E-state index contributed by atoms with van der Waals surface area (Å²) in [5.41, 5.74) is 0.847. The van der Waals surface area contributed by atoms with Crippen LogP contribution in [0.5, 0.6) is 0 Å². The molecule has 1 saturated carbocycles. The van der Waals surface area contributed by atoms with Crippen LogP contribution in [0.3, 0.4) is 0 Å². The molecule has 22 heavy (non-hydrogen) atoms. The zero-order chi connectivity index (χ0) is 14.8. The van der Waals surface area contributed by atoms with E-state index in [9.17, 15) is 0 Å². The summed E-state index contributed by atoms with van der Waals surface area (Å²) >= 11 is 0. The minimum Gasteiger partial charge on any atom is -0.367 e. The topological polar surface area (TPSA) is 58.4 Å². The van der Waals surface area contributed by atoms with Crippen LogP contribution in [0.1, 0.15) is 50.3 Å². The molecule has 4 rings (SSSR count). The van der Waals surface area contributed by atoms with Gasteiger partial charge in [0.1, 0.15) is 5.82 Å². The number of fused-ring (bicyclic) bond motifs is 1. The first kappa shape index (κ1) is 13.9. The Bertz CT molecular complexity index is 625. The molecule has 1 saturated heterocycles. The minimum atomic E-state index is 0.565. The number of aromatic nitrogens is 4. The van der Waals surface area contributed by atoms with Crippen molar-refractivity contribution in [3.63, 3.8) is 0 Å². The van der Waals surface area contributed by atoms with E-state index in [2.05, 4.69) is 25.5 Å². The Morgan fingerprint density at radius 3 is 2.64 bits per heavy atom. The van der Waals surface area contributed by atoms with Crippen molar-refractivity contribution < 1.29 is 0 Å². The first-order valence-corrected chi connectivity index (χ1v) is 8.59. The number of rotatable bonds is 5. The fraction of sp³-hybridized carbons (Fsp3) is 0.688. The van der Waals surface area contributed by atoms with Crippen molar-refractivity contribution in [3.05, 3.63) is 18.0 Å². The molecule has 0 atom stereocenters. The van der Waals surface area contributed by atoms with Crippen LogP contribution in [0.2, 0.25) is 0 Å². The first-order valence-electron chi connectivity index (χ1n) is 8.59. The lowest BCUT2D eigenvalue weighted by Gasteiger charge is -2.19. The van der Waals surface area contributed by atoms with Crippen molar-refractivity contribution in [1.82, 2.24) is 24.7 Å². The molecule has 0 bridgehead atoms. The molecule has 0 radical (unpaired) electrons. The number of hydrogen-bond donors (Lipinski definition) is 1. The molecular formula is C16H24N6. The van der Waals surface area contributed by atoms with Crippen LogP contribution in [-0.2, 0) is 0 Å². The maximum atomic E-state index is 4.66. The van der Waals surface area contributed by atoms with E-state index < -0.39 is 0 Å². The lowest BCUT2D eigenvalue weighted by Crippen LogP contribution is -2.30. The van der Waals surface area contributed by atoms with Crippen LogP contribution in [0.25, 0.3) is 5.65 Å². The van der Waals surface area contributed by atoms with Crippen LogP contribution in [0.4, 0.5) is 5.82 Å². The van der Waals surface area contributed by atoms with E-state index >= 15 is 0 Å². The highest BCUT2D eigenvalue weighted by atomic mass is 15.4. The number of nitrogens with zero attached hydrogens (tertiary/aromatic N) is 5. The summed E-state index contributed by atoms with van der Waals surface area (Å²) < 4.78 is 1.91. The summed E-state index contributed by atoms with van der Waals surface area (Å²) in [7, 11) is 0.